The van der Waals surface area contributed by atoms with Crippen LogP contribution in [0.4, 0.5) is 0 Å². The summed E-state index contributed by atoms with van der Waals surface area (Å²) in [6.45, 7) is 11.5. The van der Waals surface area contributed by atoms with Crippen LogP contribution in [-0.4, -0.2) is 35.1 Å². The first-order valence-corrected chi connectivity index (χ1v) is 10.8. The van der Waals surface area contributed by atoms with Crippen molar-refractivity contribution in [1.82, 2.24) is 16.1 Å². The molecule has 0 bridgehead atoms. The van der Waals surface area contributed by atoms with Crippen LogP contribution in [0.5, 0.6) is 0 Å². The van der Waals surface area contributed by atoms with E-state index < -0.39 is 23.4 Å². The Morgan fingerprint density at radius 3 is 1.91 bits per heavy atom. The van der Waals surface area contributed by atoms with Crippen molar-refractivity contribution in [2.75, 3.05) is 6.54 Å². The molecule has 7 heteroatoms. The van der Waals surface area contributed by atoms with Gasteiger partial charge in [0.1, 0.15) is 6.04 Å². The lowest BCUT2D eigenvalue weighted by Crippen LogP contribution is -2.61. The van der Waals surface area contributed by atoms with Crippen molar-refractivity contribution in [1.29, 1.82) is 0 Å². The molecule has 0 spiro atoms. The summed E-state index contributed by atoms with van der Waals surface area (Å²) in [6, 6.07) is 13.7. The summed E-state index contributed by atoms with van der Waals surface area (Å²) in [5.41, 5.74) is 9.88. The molecule has 1 unspecified atom stereocenters. The molecule has 0 fully saturated rings. The van der Waals surface area contributed by atoms with Gasteiger partial charge >= 0.3 is 0 Å². The molecule has 7 nitrogen and oxygen atoms in total. The van der Waals surface area contributed by atoms with Gasteiger partial charge < -0.3 is 16.4 Å². The fourth-order valence-corrected chi connectivity index (χ4v) is 3.01. The highest BCUT2D eigenvalue weighted by atomic mass is 16.5. The van der Waals surface area contributed by atoms with Crippen LogP contribution >= 0.6 is 0 Å². The molecular formula is C26H34N4O3. The molecular weight excluding hydrogens is 416 g/mol. The normalized spacial score (nSPS) is 12.3. The van der Waals surface area contributed by atoms with Gasteiger partial charge in [-0.2, -0.15) is 0 Å². The number of benzene rings is 2. The van der Waals surface area contributed by atoms with Gasteiger partial charge in [0.05, 0.1) is 0 Å². The number of carbonyl (C=O) groups excluding carboxylic acids is 2. The van der Waals surface area contributed by atoms with E-state index in [9.17, 15) is 9.59 Å². The molecule has 0 saturated heterocycles. The number of nitrogens with two attached hydrogens (primary N) is 1. The second kappa shape index (κ2) is 11.1. The van der Waals surface area contributed by atoms with E-state index in [0.717, 1.165) is 24.2 Å². The fraction of sp³-hybridized carbons (Fsp3) is 0.385. The molecule has 0 aliphatic heterocycles. The Labute approximate surface area is 196 Å². The second-order valence-electron chi connectivity index (χ2n) is 9.89. The average Bonchev–Trinajstić information content (AvgIpc) is 2.75. The van der Waals surface area contributed by atoms with Crippen LogP contribution < -0.4 is 21.8 Å². The topological polar surface area (TPSA) is 116 Å². The van der Waals surface area contributed by atoms with Crippen LogP contribution in [-0.2, 0) is 11.3 Å². The van der Waals surface area contributed by atoms with Gasteiger partial charge in [-0.25, -0.2) is 5.48 Å². The van der Waals surface area contributed by atoms with E-state index in [1.165, 1.54) is 11.0 Å². The van der Waals surface area contributed by atoms with E-state index in [1.807, 2.05) is 12.1 Å². The van der Waals surface area contributed by atoms with E-state index >= 15 is 0 Å². The minimum absolute atomic E-state index is 0.248. The molecule has 2 aromatic carbocycles. The van der Waals surface area contributed by atoms with Crippen LogP contribution in [0.2, 0.25) is 0 Å². The van der Waals surface area contributed by atoms with Gasteiger partial charge in [0, 0.05) is 35.3 Å². The van der Waals surface area contributed by atoms with Crippen molar-refractivity contribution >= 4 is 11.8 Å². The molecule has 0 aliphatic rings. The number of rotatable bonds is 7. The number of hydroxylamine groups is 1. The van der Waals surface area contributed by atoms with Gasteiger partial charge in [0.15, 0.2) is 0 Å². The highest BCUT2D eigenvalue weighted by molar-refractivity contribution is 5.97. The molecule has 176 valence electrons. The Bertz CT molecular complexity index is 1010. The van der Waals surface area contributed by atoms with E-state index in [0.29, 0.717) is 5.56 Å². The van der Waals surface area contributed by atoms with E-state index in [-0.39, 0.29) is 5.41 Å². The maximum Gasteiger partial charge on any atom is 0.267 e. The summed E-state index contributed by atoms with van der Waals surface area (Å²) in [4.78, 5) is 24.3. The first-order chi connectivity index (χ1) is 15.4. The summed E-state index contributed by atoms with van der Waals surface area (Å²) < 4.78 is 0. The largest absolute Gasteiger partial charge is 0.338 e. The molecule has 0 aliphatic carbocycles. The number of carbonyl (C=O) groups is 2. The molecule has 0 saturated carbocycles. The molecule has 2 aromatic rings. The molecule has 1 atom stereocenters. The van der Waals surface area contributed by atoms with Crippen molar-refractivity contribution in [3.63, 3.8) is 0 Å². The zero-order valence-electron chi connectivity index (χ0n) is 20.0. The van der Waals surface area contributed by atoms with Crippen molar-refractivity contribution < 1.29 is 14.8 Å². The zero-order valence-corrected chi connectivity index (χ0v) is 20.0. The van der Waals surface area contributed by atoms with Crippen molar-refractivity contribution in [3.8, 4) is 11.8 Å². The summed E-state index contributed by atoms with van der Waals surface area (Å²) in [5, 5.41) is 14.9. The lowest BCUT2D eigenvalue weighted by atomic mass is 9.95. The lowest BCUT2D eigenvalue weighted by molar-refractivity contribution is -0.132. The fourth-order valence-electron chi connectivity index (χ4n) is 3.01. The predicted octanol–water partition coefficient (Wildman–Crippen LogP) is 2.56. The highest BCUT2D eigenvalue weighted by Gasteiger charge is 2.33. The number of amides is 2. The van der Waals surface area contributed by atoms with Crippen LogP contribution in [0.3, 0.4) is 0 Å². The molecule has 0 heterocycles. The monoisotopic (exact) mass is 450 g/mol. The SMILES string of the molecule is CC(C)(C)CNCc1ccc(C#Cc2ccc(C(=O)NC(C(=O)NO)C(C)(C)N)cc2)cc1. The number of nitrogens with one attached hydrogen (secondary N) is 3. The molecule has 0 radical (unpaired) electrons. The van der Waals surface area contributed by atoms with Gasteiger partial charge in [-0.05, 0) is 61.2 Å². The summed E-state index contributed by atoms with van der Waals surface area (Å²) in [6.07, 6.45) is 0. The van der Waals surface area contributed by atoms with Crippen LogP contribution in [0.1, 0.15) is 61.7 Å². The third kappa shape index (κ3) is 8.70. The average molecular weight is 451 g/mol. The first-order valence-electron chi connectivity index (χ1n) is 10.8. The maximum atomic E-state index is 12.5. The highest BCUT2D eigenvalue weighted by Crippen LogP contribution is 2.12. The smallest absolute Gasteiger partial charge is 0.267 e. The Morgan fingerprint density at radius 2 is 1.45 bits per heavy atom. The Hall–Kier alpha value is -3.18. The molecule has 2 rings (SSSR count). The summed E-state index contributed by atoms with van der Waals surface area (Å²) in [7, 11) is 0. The van der Waals surface area contributed by atoms with Gasteiger partial charge in [0.2, 0.25) is 0 Å². The Balaban J connectivity index is 1.99. The minimum atomic E-state index is -1.10. The quantitative estimate of drug-likeness (QED) is 0.253. The summed E-state index contributed by atoms with van der Waals surface area (Å²) >= 11 is 0. The maximum absolute atomic E-state index is 12.5. The molecule has 2 amide bonds. The van der Waals surface area contributed by atoms with E-state index in [1.54, 1.807) is 38.1 Å². The Morgan fingerprint density at radius 1 is 0.939 bits per heavy atom. The summed E-state index contributed by atoms with van der Waals surface area (Å²) in [5.74, 6) is 4.95. The van der Waals surface area contributed by atoms with E-state index in [2.05, 4.69) is 55.4 Å². The predicted molar refractivity (Wildman–Crippen MR) is 129 cm³/mol. The van der Waals surface area contributed by atoms with Gasteiger partial charge in [-0.3, -0.25) is 14.8 Å². The van der Waals surface area contributed by atoms with Crippen LogP contribution in [0.15, 0.2) is 48.5 Å². The third-order valence-electron chi connectivity index (χ3n) is 4.83. The van der Waals surface area contributed by atoms with Crippen molar-refractivity contribution in [2.45, 2.75) is 52.7 Å². The van der Waals surface area contributed by atoms with Crippen LogP contribution in [0.25, 0.3) is 0 Å². The minimum Gasteiger partial charge on any atom is -0.338 e. The third-order valence-corrected chi connectivity index (χ3v) is 4.83. The zero-order chi connectivity index (χ0) is 24.6. The number of hydrogen-bond donors (Lipinski definition) is 5. The van der Waals surface area contributed by atoms with Crippen molar-refractivity contribution in [2.24, 2.45) is 11.1 Å². The Kier molecular flexibility index (Phi) is 8.77. The van der Waals surface area contributed by atoms with Crippen molar-refractivity contribution in [3.05, 3.63) is 70.8 Å². The van der Waals surface area contributed by atoms with Gasteiger partial charge in [-0.1, -0.05) is 44.7 Å². The molecule has 0 aromatic heterocycles. The van der Waals surface area contributed by atoms with Gasteiger partial charge in [0.25, 0.3) is 11.8 Å². The standard InChI is InChI=1S/C26H34N4O3/c1-25(2,3)17-28-16-20-10-8-18(9-11-20)6-7-19-12-14-21(15-13-19)23(31)29-22(24(32)30-33)26(4,5)27/h8-15,22,28,33H,16-17,27H2,1-5H3,(H,29,31)(H,30,32). The van der Waals surface area contributed by atoms with E-state index in [4.69, 9.17) is 10.9 Å². The second-order valence-corrected chi connectivity index (χ2v) is 9.89. The molecule has 6 N–H and O–H groups in total. The van der Waals surface area contributed by atoms with Crippen LogP contribution in [0, 0.1) is 17.3 Å². The number of hydrogen-bond acceptors (Lipinski definition) is 5. The molecule has 33 heavy (non-hydrogen) atoms. The first kappa shape index (κ1) is 26.1. The lowest BCUT2D eigenvalue weighted by Gasteiger charge is -2.29. The van der Waals surface area contributed by atoms with Gasteiger partial charge in [-0.15, -0.1) is 0 Å².